The van der Waals surface area contributed by atoms with Crippen molar-refractivity contribution in [2.45, 2.75) is 38.3 Å². The van der Waals surface area contributed by atoms with Crippen molar-refractivity contribution >= 4 is 17.5 Å². The van der Waals surface area contributed by atoms with Gasteiger partial charge >= 0.3 is 0 Å². The van der Waals surface area contributed by atoms with E-state index in [0.29, 0.717) is 32.5 Å². The lowest BCUT2D eigenvalue weighted by atomic mass is 9.76. The number of hydrogen-bond acceptors (Lipinski definition) is 3. The summed E-state index contributed by atoms with van der Waals surface area (Å²) >= 11 is 0. The second kappa shape index (κ2) is 5.83. The maximum atomic E-state index is 13.1. The van der Waals surface area contributed by atoms with E-state index in [1.54, 1.807) is 17.3 Å². The Bertz CT molecular complexity index is 647. The van der Waals surface area contributed by atoms with E-state index in [1.165, 1.54) is 0 Å². The van der Waals surface area contributed by atoms with Crippen LogP contribution >= 0.6 is 0 Å². The predicted octanol–water partition coefficient (Wildman–Crippen LogP) is 2.18. The lowest BCUT2D eigenvalue weighted by Gasteiger charge is -2.42. The number of likely N-dealkylation sites (tertiary alicyclic amines) is 1. The summed E-state index contributed by atoms with van der Waals surface area (Å²) in [7, 11) is 0. The maximum absolute atomic E-state index is 13.1. The van der Waals surface area contributed by atoms with E-state index < -0.39 is 11.6 Å². The van der Waals surface area contributed by atoms with Crippen molar-refractivity contribution in [2.24, 2.45) is 11.3 Å². The van der Waals surface area contributed by atoms with Crippen LogP contribution in [-0.4, -0.2) is 47.5 Å². The fourth-order valence-electron chi connectivity index (χ4n) is 4.29. The SMILES string of the molecule is O=C(C1CC(F)C1)N1CCC[C@@]2(CCN(c3cccnc3)C2=O)C1. The highest BCUT2D eigenvalue weighted by molar-refractivity contribution is 6.00. The third kappa shape index (κ3) is 2.48. The van der Waals surface area contributed by atoms with Gasteiger partial charge in [0.25, 0.3) is 0 Å². The van der Waals surface area contributed by atoms with Gasteiger partial charge in [-0.2, -0.15) is 0 Å². The molecule has 1 saturated carbocycles. The fraction of sp³-hybridized carbons (Fsp3) is 0.611. The molecule has 3 aliphatic rings. The predicted molar refractivity (Wildman–Crippen MR) is 87.1 cm³/mol. The van der Waals surface area contributed by atoms with Crippen molar-refractivity contribution in [3.8, 4) is 0 Å². The van der Waals surface area contributed by atoms with Gasteiger partial charge in [0.05, 0.1) is 17.3 Å². The largest absolute Gasteiger partial charge is 0.341 e. The lowest BCUT2D eigenvalue weighted by molar-refractivity contribution is -0.146. The Labute approximate surface area is 140 Å². The van der Waals surface area contributed by atoms with Gasteiger partial charge < -0.3 is 9.80 Å². The number of pyridine rings is 1. The van der Waals surface area contributed by atoms with Crippen molar-refractivity contribution < 1.29 is 14.0 Å². The van der Waals surface area contributed by atoms with E-state index in [1.807, 2.05) is 17.0 Å². The van der Waals surface area contributed by atoms with Crippen LogP contribution in [0.25, 0.3) is 0 Å². The molecule has 3 fully saturated rings. The summed E-state index contributed by atoms with van der Waals surface area (Å²) in [5.74, 6) is -0.0401. The van der Waals surface area contributed by atoms with Crippen LogP contribution in [0.4, 0.5) is 10.1 Å². The summed E-state index contributed by atoms with van der Waals surface area (Å²) in [6.45, 7) is 1.84. The number of halogens is 1. The number of nitrogens with zero attached hydrogens (tertiary/aromatic N) is 3. The van der Waals surface area contributed by atoms with Crippen molar-refractivity contribution in [1.29, 1.82) is 0 Å². The normalized spacial score (nSPS) is 33.0. The van der Waals surface area contributed by atoms with Crippen molar-refractivity contribution in [3.63, 3.8) is 0 Å². The molecule has 0 bridgehead atoms. The van der Waals surface area contributed by atoms with Crippen molar-refractivity contribution in [2.75, 3.05) is 24.5 Å². The second-order valence-corrected chi connectivity index (χ2v) is 7.33. The zero-order valence-electron chi connectivity index (χ0n) is 13.7. The molecule has 1 spiro atoms. The molecular formula is C18H22FN3O2. The summed E-state index contributed by atoms with van der Waals surface area (Å²) in [5, 5.41) is 0. The van der Waals surface area contributed by atoms with Crippen LogP contribution in [0.1, 0.15) is 32.1 Å². The summed E-state index contributed by atoms with van der Waals surface area (Å²) in [4.78, 5) is 33.3. The molecule has 0 radical (unpaired) electrons. The molecule has 24 heavy (non-hydrogen) atoms. The van der Waals surface area contributed by atoms with E-state index in [-0.39, 0.29) is 17.7 Å². The third-order valence-corrected chi connectivity index (χ3v) is 5.79. The van der Waals surface area contributed by atoms with E-state index in [2.05, 4.69) is 4.98 Å². The minimum atomic E-state index is -0.827. The lowest BCUT2D eigenvalue weighted by Crippen LogP contribution is -2.52. The fourth-order valence-corrected chi connectivity index (χ4v) is 4.29. The molecule has 1 atom stereocenters. The molecule has 6 heteroatoms. The first-order valence-corrected chi connectivity index (χ1v) is 8.74. The Morgan fingerprint density at radius 3 is 2.83 bits per heavy atom. The quantitative estimate of drug-likeness (QED) is 0.835. The van der Waals surface area contributed by atoms with Gasteiger partial charge in [-0.3, -0.25) is 14.6 Å². The molecule has 1 aromatic heterocycles. The number of hydrogen-bond donors (Lipinski definition) is 0. The average molecular weight is 331 g/mol. The molecule has 4 rings (SSSR count). The molecule has 3 heterocycles. The molecule has 0 N–H and O–H groups in total. The van der Waals surface area contributed by atoms with E-state index >= 15 is 0 Å². The molecular weight excluding hydrogens is 309 g/mol. The maximum Gasteiger partial charge on any atom is 0.235 e. The number of anilines is 1. The molecule has 5 nitrogen and oxygen atoms in total. The molecule has 0 aromatic carbocycles. The highest BCUT2D eigenvalue weighted by Gasteiger charge is 2.51. The molecule has 0 unspecified atom stereocenters. The molecule has 2 amide bonds. The topological polar surface area (TPSA) is 53.5 Å². The van der Waals surface area contributed by atoms with Gasteiger partial charge in [0.1, 0.15) is 6.17 Å². The Morgan fingerprint density at radius 1 is 1.29 bits per heavy atom. The summed E-state index contributed by atoms with van der Waals surface area (Å²) in [6, 6.07) is 3.72. The van der Waals surface area contributed by atoms with Crippen LogP contribution < -0.4 is 4.90 Å². The second-order valence-electron chi connectivity index (χ2n) is 7.33. The summed E-state index contributed by atoms with van der Waals surface area (Å²) < 4.78 is 13.1. The van der Waals surface area contributed by atoms with Gasteiger partial charge in [0.2, 0.25) is 11.8 Å². The number of aromatic nitrogens is 1. The van der Waals surface area contributed by atoms with Gasteiger partial charge in [-0.15, -0.1) is 0 Å². The Balaban J connectivity index is 1.49. The van der Waals surface area contributed by atoms with E-state index in [0.717, 1.165) is 24.9 Å². The standard InChI is InChI=1S/C18H22FN3O2/c19-14-9-13(10-14)16(23)21-7-2-4-18(12-21)5-8-22(17(18)24)15-3-1-6-20-11-15/h1,3,6,11,13-14H,2,4-5,7-10,12H2/t13?,14?,18-/m1/s1. The zero-order valence-corrected chi connectivity index (χ0v) is 13.7. The minimum absolute atomic E-state index is 0.0376. The molecule has 2 saturated heterocycles. The Kier molecular flexibility index (Phi) is 3.77. The smallest absolute Gasteiger partial charge is 0.235 e. The number of amides is 2. The number of piperidine rings is 1. The zero-order chi connectivity index (χ0) is 16.7. The van der Waals surface area contributed by atoms with E-state index in [9.17, 15) is 14.0 Å². The van der Waals surface area contributed by atoms with Crippen LogP contribution in [0.3, 0.4) is 0 Å². The number of carbonyl (C=O) groups excluding carboxylic acids is 2. The van der Waals surface area contributed by atoms with Crippen LogP contribution in [0.15, 0.2) is 24.5 Å². The summed E-state index contributed by atoms with van der Waals surface area (Å²) in [6.07, 6.45) is 5.69. The Hall–Kier alpha value is -1.98. The molecule has 2 aliphatic heterocycles. The number of alkyl halides is 1. The minimum Gasteiger partial charge on any atom is -0.341 e. The molecule has 128 valence electrons. The van der Waals surface area contributed by atoms with Crippen molar-refractivity contribution in [1.82, 2.24) is 9.88 Å². The Morgan fingerprint density at radius 2 is 2.12 bits per heavy atom. The first kappa shape index (κ1) is 15.5. The third-order valence-electron chi connectivity index (χ3n) is 5.79. The monoisotopic (exact) mass is 331 g/mol. The van der Waals surface area contributed by atoms with Gasteiger partial charge in [-0.05, 0) is 44.2 Å². The van der Waals surface area contributed by atoms with Crippen LogP contribution in [0.2, 0.25) is 0 Å². The number of rotatable bonds is 2. The van der Waals surface area contributed by atoms with E-state index in [4.69, 9.17) is 0 Å². The van der Waals surface area contributed by atoms with Gasteiger partial charge in [0, 0.05) is 31.7 Å². The highest BCUT2D eigenvalue weighted by atomic mass is 19.1. The van der Waals surface area contributed by atoms with Gasteiger partial charge in [-0.1, -0.05) is 0 Å². The number of carbonyl (C=O) groups is 2. The van der Waals surface area contributed by atoms with Crippen LogP contribution in [-0.2, 0) is 9.59 Å². The van der Waals surface area contributed by atoms with Gasteiger partial charge in [-0.25, -0.2) is 4.39 Å². The average Bonchev–Trinajstić information content (AvgIpc) is 2.89. The van der Waals surface area contributed by atoms with Gasteiger partial charge in [0.15, 0.2) is 0 Å². The van der Waals surface area contributed by atoms with Crippen molar-refractivity contribution in [3.05, 3.63) is 24.5 Å². The highest BCUT2D eigenvalue weighted by Crippen LogP contribution is 2.43. The first-order chi connectivity index (χ1) is 11.6. The summed E-state index contributed by atoms with van der Waals surface area (Å²) in [5.41, 5.74) is 0.352. The van der Waals surface area contributed by atoms with Crippen LogP contribution in [0.5, 0.6) is 0 Å². The van der Waals surface area contributed by atoms with Crippen LogP contribution in [0, 0.1) is 11.3 Å². The molecule has 1 aliphatic carbocycles. The molecule has 1 aromatic rings. The first-order valence-electron chi connectivity index (χ1n) is 8.74.